The van der Waals surface area contributed by atoms with Gasteiger partial charge in [-0.3, -0.25) is 0 Å². The van der Waals surface area contributed by atoms with Gasteiger partial charge in [0.1, 0.15) is 12.4 Å². The van der Waals surface area contributed by atoms with Gasteiger partial charge in [0.15, 0.2) is 0 Å². The fourth-order valence-electron chi connectivity index (χ4n) is 2.84. The third-order valence-electron chi connectivity index (χ3n) is 4.46. The van der Waals surface area contributed by atoms with Crippen LogP contribution >= 0.6 is 0 Å². The Hall–Kier alpha value is -2.14. The van der Waals surface area contributed by atoms with Gasteiger partial charge in [-0.1, -0.05) is 43.3 Å². The van der Waals surface area contributed by atoms with Crippen molar-refractivity contribution < 1.29 is 20.1 Å². The van der Waals surface area contributed by atoms with Gasteiger partial charge in [0.2, 0.25) is 0 Å². The molecule has 0 bridgehead atoms. The molecular formula is C23H30O4. The number of aliphatic hydroxyl groups excluding tert-OH is 2. The molecule has 2 rings (SSSR count). The second-order valence-electron chi connectivity index (χ2n) is 7.47. The zero-order chi connectivity index (χ0) is 19.9. The number of hydrogen-bond donors (Lipinski definition) is 3. The molecule has 27 heavy (non-hydrogen) atoms. The number of benzene rings is 2. The topological polar surface area (TPSA) is 69.9 Å². The molecule has 0 saturated heterocycles. The van der Waals surface area contributed by atoms with Crippen molar-refractivity contribution in [3.8, 4) is 5.75 Å². The number of ether oxygens (including phenoxy) is 1. The summed E-state index contributed by atoms with van der Waals surface area (Å²) in [6.45, 7) is 5.88. The summed E-state index contributed by atoms with van der Waals surface area (Å²) in [7, 11) is 0. The van der Waals surface area contributed by atoms with Crippen LogP contribution in [0.15, 0.2) is 54.6 Å². The average molecular weight is 370 g/mol. The van der Waals surface area contributed by atoms with E-state index in [9.17, 15) is 15.3 Å². The van der Waals surface area contributed by atoms with Crippen LogP contribution in [0.4, 0.5) is 0 Å². The molecule has 0 aliphatic rings. The van der Waals surface area contributed by atoms with E-state index in [0.29, 0.717) is 12.5 Å². The molecule has 0 aliphatic heterocycles. The van der Waals surface area contributed by atoms with Crippen LogP contribution in [0, 0.1) is 0 Å². The fourth-order valence-corrected chi connectivity index (χ4v) is 2.84. The molecule has 3 N–H and O–H groups in total. The standard InChI is InChI=1S/C23H30O4/c1-17(6-5-11-23(2,3)26)19-7-4-8-22(13-19)27-16-18-9-10-20(14-24)21(12-18)15-25/h4-5,7-13,17,24-26H,6,14-16H2,1-3H3/b11-5+. The van der Waals surface area contributed by atoms with Crippen molar-refractivity contribution in [1.29, 1.82) is 0 Å². The molecule has 0 aromatic heterocycles. The van der Waals surface area contributed by atoms with Crippen LogP contribution in [0.3, 0.4) is 0 Å². The summed E-state index contributed by atoms with van der Waals surface area (Å²) < 4.78 is 5.91. The van der Waals surface area contributed by atoms with Crippen molar-refractivity contribution in [2.24, 2.45) is 0 Å². The Bertz CT molecular complexity index is 759. The molecule has 1 unspecified atom stereocenters. The minimum absolute atomic E-state index is 0.0845. The fraction of sp³-hybridized carbons (Fsp3) is 0.391. The summed E-state index contributed by atoms with van der Waals surface area (Å²) in [6.07, 6.45) is 4.67. The van der Waals surface area contributed by atoms with Crippen molar-refractivity contribution in [3.63, 3.8) is 0 Å². The summed E-state index contributed by atoms with van der Waals surface area (Å²) in [6, 6.07) is 13.6. The van der Waals surface area contributed by atoms with Gasteiger partial charge >= 0.3 is 0 Å². The summed E-state index contributed by atoms with van der Waals surface area (Å²) in [5.74, 6) is 1.11. The zero-order valence-corrected chi connectivity index (χ0v) is 16.4. The highest BCUT2D eigenvalue weighted by Gasteiger charge is 2.09. The monoisotopic (exact) mass is 370 g/mol. The number of hydrogen-bond acceptors (Lipinski definition) is 4. The van der Waals surface area contributed by atoms with Gasteiger partial charge in [-0.05, 0) is 66.6 Å². The highest BCUT2D eigenvalue weighted by atomic mass is 16.5. The van der Waals surface area contributed by atoms with Gasteiger partial charge in [-0.25, -0.2) is 0 Å². The molecule has 2 aromatic carbocycles. The first-order chi connectivity index (χ1) is 12.8. The molecule has 0 aliphatic carbocycles. The molecular weight excluding hydrogens is 340 g/mol. The molecule has 0 radical (unpaired) electrons. The maximum atomic E-state index is 9.76. The lowest BCUT2D eigenvalue weighted by Gasteiger charge is -2.14. The maximum Gasteiger partial charge on any atom is 0.120 e. The van der Waals surface area contributed by atoms with Gasteiger partial charge in [0, 0.05) is 0 Å². The van der Waals surface area contributed by atoms with E-state index in [1.165, 1.54) is 5.56 Å². The highest BCUT2D eigenvalue weighted by molar-refractivity contribution is 5.33. The Kier molecular flexibility index (Phi) is 7.60. The second kappa shape index (κ2) is 9.70. The third kappa shape index (κ3) is 6.83. The minimum Gasteiger partial charge on any atom is -0.489 e. The third-order valence-corrected chi connectivity index (χ3v) is 4.46. The van der Waals surface area contributed by atoms with Crippen LogP contribution in [0.2, 0.25) is 0 Å². The van der Waals surface area contributed by atoms with E-state index in [1.54, 1.807) is 13.8 Å². The van der Waals surface area contributed by atoms with Crippen LogP contribution in [-0.4, -0.2) is 20.9 Å². The number of aliphatic hydroxyl groups is 3. The maximum absolute atomic E-state index is 9.76. The van der Waals surface area contributed by atoms with E-state index in [-0.39, 0.29) is 13.2 Å². The molecule has 0 saturated carbocycles. The molecule has 2 aromatic rings. The van der Waals surface area contributed by atoms with Crippen LogP contribution in [0.25, 0.3) is 0 Å². The van der Waals surface area contributed by atoms with E-state index < -0.39 is 5.60 Å². The van der Waals surface area contributed by atoms with Crippen LogP contribution in [-0.2, 0) is 19.8 Å². The Morgan fingerprint density at radius 2 is 1.78 bits per heavy atom. The summed E-state index contributed by atoms with van der Waals surface area (Å²) in [5.41, 5.74) is 2.79. The normalized spacial score (nSPS) is 13.1. The van der Waals surface area contributed by atoms with Crippen LogP contribution < -0.4 is 4.74 Å². The summed E-state index contributed by atoms with van der Waals surface area (Å²) in [4.78, 5) is 0. The van der Waals surface area contributed by atoms with Crippen molar-refractivity contribution >= 4 is 0 Å². The zero-order valence-electron chi connectivity index (χ0n) is 16.4. The highest BCUT2D eigenvalue weighted by Crippen LogP contribution is 2.25. The van der Waals surface area contributed by atoms with E-state index >= 15 is 0 Å². The van der Waals surface area contributed by atoms with Crippen molar-refractivity contribution in [2.75, 3.05) is 0 Å². The van der Waals surface area contributed by atoms with Gasteiger partial charge < -0.3 is 20.1 Å². The molecule has 0 fully saturated rings. The molecule has 0 heterocycles. The van der Waals surface area contributed by atoms with E-state index in [4.69, 9.17) is 4.74 Å². The Morgan fingerprint density at radius 3 is 2.44 bits per heavy atom. The lowest BCUT2D eigenvalue weighted by Crippen LogP contribution is -2.13. The Balaban J connectivity index is 2.00. The molecule has 4 heteroatoms. The van der Waals surface area contributed by atoms with Gasteiger partial charge in [-0.2, -0.15) is 0 Å². The van der Waals surface area contributed by atoms with E-state index in [1.807, 2.05) is 48.6 Å². The van der Waals surface area contributed by atoms with Crippen molar-refractivity contribution in [2.45, 2.75) is 58.5 Å². The second-order valence-corrected chi connectivity index (χ2v) is 7.47. The predicted octanol–water partition coefficient (Wildman–Crippen LogP) is 4.07. The first-order valence-corrected chi connectivity index (χ1v) is 9.27. The number of rotatable bonds is 9. The Morgan fingerprint density at radius 1 is 1.04 bits per heavy atom. The predicted molar refractivity (Wildman–Crippen MR) is 108 cm³/mol. The molecule has 0 amide bonds. The van der Waals surface area contributed by atoms with Gasteiger partial charge in [-0.15, -0.1) is 0 Å². The largest absolute Gasteiger partial charge is 0.489 e. The molecule has 0 spiro atoms. The lowest BCUT2D eigenvalue weighted by atomic mass is 9.96. The van der Waals surface area contributed by atoms with E-state index in [2.05, 4.69) is 13.0 Å². The van der Waals surface area contributed by atoms with Gasteiger partial charge in [0.25, 0.3) is 0 Å². The first kappa shape index (κ1) is 21.2. The lowest BCUT2D eigenvalue weighted by molar-refractivity contribution is 0.133. The molecule has 1 atom stereocenters. The first-order valence-electron chi connectivity index (χ1n) is 9.27. The SMILES string of the molecule is CC(C/C=C/C(C)(C)O)c1cccc(OCc2ccc(CO)c(CO)c2)c1. The van der Waals surface area contributed by atoms with Crippen LogP contribution in [0.1, 0.15) is 55.4 Å². The molecule has 4 nitrogen and oxygen atoms in total. The quantitative estimate of drug-likeness (QED) is 0.582. The average Bonchev–Trinajstić information content (AvgIpc) is 2.65. The number of allylic oxidation sites excluding steroid dienone is 1. The van der Waals surface area contributed by atoms with Crippen molar-refractivity contribution in [3.05, 3.63) is 76.9 Å². The summed E-state index contributed by atoms with van der Waals surface area (Å²) in [5, 5.41) is 28.4. The summed E-state index contributed by atoms with van der Waals surface area (Å²) >= 11 is 0. The smallest absolute Gasteiger partial charge is 0.120 e. The van der Waals surface area contributed by atoms with Crippen LogP contribution in [0.5, 0.6) is 5.75 Å². The van der Waals surface area contributed by atoms with E-state index in [0.717, 1.165) is 28.9 Å². The minimum atomic E-state index is -0.788. The Labute approximate surface area is 161 Å². The molecule has 146 valence electrons. The van der Waals surface area contributed by atoms with Gasteiger partial charge in [0.05, 0.1) is 18.8 Å². The van der Waals surface area contributed by atoms with Crippen molar-refractivity contribution in [1.82, 2.24) is 0 Å².